The lowest BCUT2D eigenvalue weighted by Gasteiger charge is -2.31. The van der Waals surface area contributed by atoms with Gasteiger partial charge >= 0.3 is 0 Å². The number of carbonyl (C=O) groups is 1. The zero-order valence-corrected chi connectivity index (χ0v) is 12.7. The molecule has 1 aliphatic heterocycles. The molecule has 1 saturated heterocycles. The van der Waals surface area contributed by atoms with Crippen LogP contribution in [0.2, 0.25) is 0 Å². The maximum Gasteiger partial charge on any atom is 0.270 e. The van der Waals surface area contributed by atoms with Crippen LogP contribution in [0.25, 0.3) is 0 Å². The summed E-state index contributed by atoms with van der Waals surface area (Å²) in [5.41, 5.74) is 0.765. The summed E-state index contributed by atoms with van der Waals surface area (Å²) >= 11 is 1.75. The van der Waals surface area contributed by atoms with E-state index in [1.807, 2.05) is 41.0 Å². The van der Waals surface area contributed by atoms with E-state index in [0.717, 1.165) is 31.6 Å². The van der Waals surface area contributed by atoms with Crippen LogP contribution >= 0.6 is 11.3 Å². The number of thiazole rings is 1. The van der Waals surface area contributed by atoms with Crippen LogP contribution in [-0.4, -0.2) is 33.4 Å². The van der Waals surface area contributed by atoms with Crippen LogP contribution in [0.1, 0.15) is 39.1 Å². The van der Waals surface area contributed by atoms with Gasteiger partial charge in [0.05, 0.1) is 5.01 Å². The highest BCUT2D eigenvalue weighted by Gasteiger charge is 2.27. The van der Waals surface area contributed by atoms with Gasteiger partial charge in [-0.25, -0.2) is 4.98 Å². The molecule has 3 rings (SSSR count). The molecule has 1 fully saturated rings. The van der Waals surface area contributed by atoms with Gasteiger partial charge in [-0.05, 0) is 31.9 Å². The number of nitrogens with zero attached hydrogens (tertiary/aromatic N) is 3. The van der Waals surface area contributed by atoms with Crippen LogP contribution in [0.3, 0.4) is 0 Å². The zero-order valence-electron chi connectivity index (χ0n) is 11.9. The van der Waals surface area contributed by atoms with Gasteiger partial charge in [-0.2, -0.15) is 0 Å². The highest BCUT2D eigenvalue weighted by Crippen LogP contribution is 2.30. The van der Waals surface area contributed by atoms with Gasteiger partial charge in [-0.3, -0.25) is 4.79 Å². The van der Waals surface area contributed by atoms with Crippen LogP contribution in [0, 0.1) is 6.92 Å². The Morgan fingerprint density at radius 2 is 2.35 bits per heavy atom. The quantitative estimate of drug-likeness (QED) is 0.852. The first kappa shape index (κ1) is 13.4. The molecule has 0 aliphatic carbocycles. The fourth-order valence-electron chi connectivity index (χ4n) is 2.77. The Morgan fingerprint density at radius 3 is 3.00 bits per heavy atom. The molecular weight excluding hydrogens is 270 g/mol. The number of aromatic nitrogens is 2. The van der Waals surface area contributed by atoms with Crippen molar-refractivity contribution in [1.82, 2.24) is 14.5 Å². The summed E-state index contributed by atoms with van der Waals surface area (Å²) in [7, 11) is 1.92. The van der Waals surface area contributed by atoms with Gasteiger partial charge in [-0.15, -0.1) is 11.3 Å². The van der Waals surface area contributed by atoms with Crippen molar-refractivity contribution >= 4 is 17.2 Å². The molecule has 4 nitrogen and oxygen atoms in total. The summed E-state index contributed by atoms with van der Waals surface area (Å²) in [5.74, 6) is 0.530. The van der Waals surface area contributed by atoms with Crippen molar-refractivity contribution in [2.45, 2.75) is 25.7 Å². The second-order valence-corrected chi connectivity index (χ2v) is 6.67. The molecule has 0 saturated carbocycles. The smallest absolute Gasteiger partial charge is 0.270 e. The molecule has 0 unspecified atom stereocenters. The van der Waals surface area contributed by atoms with Crippen LogP contribution in [-0.2, 0) is 7.05 Å². The molecule has 0 aromatic carbocycles. The molecule has 1 aliphatic rings. The average molecular weight is 289 g/mol. The molecule has 3 heterocycles. The van der Waals surface area contributed by atoms with Gasteiger partial charge in [0, 0.05) is 43.3 Å². The molecular formula is C15H19N3OS. The summed E-state index contributed by atoms with van der Waals surface area (Å²) in [5, 5.41) is 1.17. The lowest BCUT2D eigenvalue weighted by molar-refractivity contribution is 0.0697. The number of aryl methyl sites for hydroxylation is 2. The van der Waals surface area contributed by atoms with E-state index in [-0.39, 0.29) is 5.91 Å². The predicted molar refractivity (Wildman–Crippen MR) is 80.1 cm³/mol. The number of rotatable bonds is 2. The van der Waals surface area contributed by atoms with Crippen molar-refractivity contribution < 1.29 is 4.79 Å². The summed E-state index contributed by atoms with van der Waals surface area (Å²) < 4.78 is 1.89. The molecule has 106 valence electrons. The Hall–Kier alpha value is -1.62. The minimum Gasteiger partial charge on any atom is -0.347 e. The normalized spacial score (nSPS) is 19.3. The highest BCUT2D eigenvalue weighted by atomic mass is 32.1. The molecule has 2 aromatic rings. The number of carbonyl (C=O) groups excluding carboxylic acids is 1. The second kappa shape index (κ2) is 5.40. The van der Waals surface area contributed by atoms with Gasteiger partial charge < -0.3 is 9.47 Å². The topological polar surface area (TPSA) is 38.1 Å². The molecule has 20 heavy (non-hydrogen) atoms. The SMILES string of the molecule is Cc1cnc([C@@H]2CCCN(C(=O)c3cccn3C)C2)s1. The Labute approximate surface area is 123 Å². The molecule has 5 heteroatoms. The van der Waals surface area contributed by atoms with E-state index in [1.54, 1.807) is 11.3 Å². The summed E-state index contributed by atoms with van der Waals surface area (Å²) in [6.45, 7) is 3.72. The van der Waals surface area contributed by atoms with E-state index in [1.165, 1.54) is 9.88 Å². The van der Waals surface area contributed by atoms with Crippen LogP contribution in [0.5, 0.6) is 0 Å². The van der Waals surface area contributed by atoms with Crippen LogP contribution in [0.15, 0.2) is 24.5 Å². The summed E-state index contributed by atoms with van der Waals surface area (Å²) in [6.07, 6.45) is 6.03. The Balaban J connectivity index is 1.75. The number of likely N-dealkylation sites (tertiary alicyclic amines) is 1. The highest BCUT2D eigenvalue weighted by molar-refractivity contribution is 7.11. The van der Waals surface area contributed by atoms with Crippen molar-refractivity contribution in [3.63, 3.8) is 0 Å². The third kappa shape index (κ3) is 2.50. The summed E-state index contributed by atoms with van der Waals surface area (Å²) in [6, 6.07) is 3.80. The molecule has 0 spiro atoms. The monoisotopic (exact) mass is 289 g/mol. The third-order valence-corrected chi connectivity index (χ3v) is 4.94. The first-order chi connectivity index (χ1) is 9.65. The lowest BCUT2D eigenvalue weighted by atomic mass is 9.98. The summed E-state index contributed by atoms with van der Waals surface area (Å²) in [4.78, 5) is 20.3. The van der Waals surface area contributed by atoms with Crippen molar-refractivity contribution in [2.75, 3.05) is 13.1 Å². The number of hydrogen-bond acceptors (Lipinski definition) is 3. The van der Waals surface area contributed by atoms with Gasteiger partial charge in [0.15, 0.2) is 0 Å². The molecule has 1 atom stereocenters. The molecule has 2 aromatic heterocycles. The van der Waals surface area contributed by atoms with E-state index in [0.29, 0.717) is 5.92 Å². The van der Waals surface area contributed by atoms with E-state index < -0.39 is 0 Å². The Bertz CT molecular complexity index is 616. The maximum atomic E-state index is 12.6. The minimum atomic E-state index is 0.135. The third-order valence-electron chi connectivity index (χ3n) is 3.86. The number of hydrogen-bond donors (Lipinski definition) is 0. The predicted octanol–water partition coefficient (Wildman–Crippen LogP) is 2.81. The van der Waals surface area contributed by atoms with Gasteiger partial charge in [0.25, 0.3) is 5.91 Å². The van der Waals surface area contributed by atoms with Crippen molar-refractivity contribution in [2.24, 2.45) is 7.05 Å². The molecule has 0 N–H and O–H groups in total. The maximum absolute atomic E-state index is 12.6. The van der Waals surface area contributed by atoms with Gasteiger partial charge in [0.1, 0.15) is 5.69 Å². The average Bonchev–Trinajstić information content (AvgIpc) is 3.07. The van der Waals surface area contributed by atoms with E-state index in [2.05, 4.69) is 11.9 Å². The van der Waals surface area contributed by atoms with Crippen molar-refractivity contribution in [3.8, 4) is 0 Å². The van der Waals surface area contributed by atoms with Gasteiger partial charge in [0.2, 0.25) is 0 Å². The van der Waals surface area contributed by atoms with Crippen LogP contribution < -0.4 is 0 Å². The fraction of sp³-hybridized carbons (Fsp3) is 0.467. The Morgan fingerprint density at radius 1 is 1.50 bits per heavy atom. The number of piperidine rings is 1. The number of amides is 1. The van der Waals surface area contributed by atoms with E-state index in [9.17, 15) is 4.79 Å². The van der Waals surface area contributed by atoms with Gasteiger partial charge in [-0.1, -0.05) is 0 Å². The standard InChI is InChI=1S/C15H19N3OS/c1-11-9-16-14(20-11)12-5-3-8-18(10-12)15(19)13-6-4-7-17(13)2/h4,6-7,9,12H,3,5,8,10H2,1-2H3/t12-/m1/s1. The molecule has 0 bridgehead atoms. The van der Waals surface area contributed by atoms with Crippen molar-refractivity contribution in [1.29, 1.82) is 0 Å². The molecule has 1 amide bonds. The largest absolute Gasteiger partial charge is 0.347 e. The first-order valence-corrected chi connectivity index (χ1v) is 7.79. The second-order valence-electron chi connectivity index (χ2n) is 5.40. The van der Waals surface area contributed by atoms with E-state index >= 15 is 0 Å². The zero-order chi connectivity index (χ0) is 14.1. The van der Waals surface area contributed by atoms with Crippen LogP contribution in [0.4, 0.5) is 0 Å². The minimum absolute atomic E-state index is 0.135. The molecule has 0 radical (unpaired) electrons. The Kier molecular flexibility index (Phi) is 3.61. The van der Waals surface area contributed by atoms with E-state index in [4.69, 9.17) is 0 Å². The first-order valence-electron chi connectivity index (χ1n) is 6.98. The lowest BCUT2D eigenvalue weighted by Crippen LogP contribution is -2.39. The fourth-order valence-corrected chi connectivity index (χ4v) is 3.67. The van der Waals surface area contributed by atoms with Crippen molar-refractivity contribution in [3.05, 3.63) is 40.1 Å².